The van der Waals surface area contributed by atoms with Gasteiger partial charge >= 0.3 is 11.9 Å². The van der Waals surface area contributed by atoms with E-state index in [4.69, 9.17) is 11.5 Å². The largest absolute Gasteiger partial charge is 0.508 e. The topological polar surface area (TPSA) is 267 Å². The van der Waals surface area contributed by atoms with Crippen LogP contribution in [0.15, 0.2) is 54.7 Å². The summed E-state index contributed by atoms with van der Waals surface area (Å²) in [6.07, 6.45) is 0.00152. The maximum atomic E-state index is 13.2. The number of H-pyrrole nitrogens is 1. The lowest BCUT2D eigenvalue weighted by molar-refractivity contribution is -0.143. The molecule has 0 bridgehead atoms. The number of carbonyl (C=O) groups excluding carboxylic acids is 4. The summed E-state index contributed by atoms with van der Waals surface area (Å²) in [6.45, 7) is 0. The Kier molecular flexibility index (Phi) is 11.4. The molecule has 44 heavy (non-hydrogen) atoms. The molecule has 11 N–H and O–H groups in total. The van der Waals surface area contributed by atoms with Gasteiger partial charge in [0, 0.05) is 29.9 Å². The highest BCUT2D eigenvalue weighted by molar-refractivity contribution is 5.96. The van der Waals surface area contributed by atoms with Gasteiger partial charge in [0.05, 0.1) is 12.5 Å². The van der Waals surface area contributed by atoms with Gasteiger partial charge in [0.25, 0.3) is 0 Å². The fraction of sp³-hybridized carbons (Fsp3) is 0.310. The molecule has 4 atom stereocenters. The van der Waals surface area contributed by atoms with Crippen LogP contribution in [0.2, 0.25) is 0 Å². The van der Waals surface area contributed by atoms with E-state index in [0.29, 0.717) is 5.56 Å². The maximum absolute atomic E-state index is 13.2. The zero-order valence-electron chi connectivity index (χ0n) is 23.5. The summed E-state index contributed by atoms with van der Waals surface area (Å²) in [5.74, 6) is -6.57. The lowest BCUT2D eigenvalue weighted by atomic mass is 10.0. The van der Waals surface area contributed by atoms with E-state index in [-0.39, 0.29) is 31.4 Å². The minimum atomic E-state index is -1.66. The summed E-state index contributed by atoms with van der Waals surface area (Å²) in [5, 5.41) is 36.2. The highest BCUT2D eigenvalue weighted by atomic mass is 16.4. The molecule has 0 radical (unpaired) electrons. The Morgan fingerprint density at radius 1 is 0.795 bits per heavy atom. The predicted octanol–water partition coefficient (Wildman–Crippen LogP) is -0.735. The van der Waals surface area contributed by atoms with Crippen molar-refractivity contribution in [2.75, 3.05) is 0 Å². The SMILES string of the molecule is NC(=O)CCC(NC(=O)C(CC(=O)O)NC(=O)C(N)Cc1c[nH]c2ccccc12)C(=O)NC(Cc1ccc(O)cc1)C(=O)O. The average molecular weight is 611 g/mol. The number of aliphatic carboxylic acids is 2. The number of hydrogen-bond acceptors (Lipinski definition) is 8. The Morgan fingerprint density at radius 2 is 1.41 bits per heavy atom. The highest BCUT2D eigenvalue weighted by Gasteiger charge is 2.32. The van der Waals surface area contributed by atoms with E-state index in [1.54, 1.807) is 6.20 Å². The smallest absolute Gasteiger partial charge is 0.326 e. The third kappa shape index (κ3) is 9.55. The lowest BCUT2D eigenvalue weighted by Crippen LogP contribution is -2.58. The van der Waals surface area contributed by atoms with E-state index in [2.05, 4.69) is 20.9 Å². The van der Waals surface area contributed by atoms with E-state index in [0.717, 1.165) is 16.5 Å². The molecule has 0 fully saturated rings. The lowest BCUT2D eigenvalue weighted by Gasteiger charge is -2.24. The normalized spacial score (nSPS) is 13.7. The minimum Gasteiger partial charge on any atom is -0.508 e. The summed E-state index contributed by atoms with van der Waals surface area (Å²) < 4.78 is 0. The number of primary amides is 1. The summed E-state index contributed by atoms with van der Waals surface area (Å²) in [6, 6.07) is 7.14. The van der Waals surface area contributed by atoms with Crippen molar-refractivity contribution >= 4 is 46.5 Å². The number of aromatic nitrogens is 1. The number of fused-ring (bicyclic) bond motifs is 1. The van der Waals surface area contributed by atoms with Gasteiger partial charge in [-0.2, -0.15) is 0 Å². The van der Waals surface area contributed by atoms with Crippen molar-refractivity contribution in [1.29, 1.82) is 0 Å². The van der Waals surface area contributed by atoms with Gasteiger partial charge in [0.1, 0.15) is 23.9 Å². The first-order chi connectivity index (χ1) is 20.8. The minimum absolute atomic E-state index is 0.0409. The molecule has 3 rings (SSSR count). The Hall–Kier alpha value is -5.44. The molecule has 0 saturated carbocycles. The molecule has 234 valence electrons. The van der Waals surface area contributed by atoms with E-state index in [9.17, 15) is 44.1 Å². The van der Waals surface area contributed by atoms with Crippen molar-refractivity contribution < 1.29 is 44.1 Å². The number of carbonyl (C=O) groups is 6. The molecular formula is C29H34N6O9. The van der Waals surface area contributed by atoms with Crippen LogP contribution in [0, 0.1) is 0 Å². The Labute approximate surface area is 251 Å². The first-order valence-electron chi connectivity index (χ1n) is 13.6. The van der Waals surface area contributed by atoms with Gasteiger partial charge in [-0.05, 0) is 42.2 Å². The van der Waals surface area contributed by atoms with E-state index in [1.807, 2.05) is 24.3 Å². The molecule has 2 aromatic carbocycles. The summed E-state index contributed by atoms with van der Waals surface area (Å²) >= 11 is 0. The molecule has 4 unspecified atom stereocenters. The van der Waals surface area contributed by atoms with Crippen molar-refractivity contribution in [2.45, 2.75) is 56.3 Å². The number of nitrogens with two attached hydrogens (primary N) is 2. The zero-order chi connectivity index (χ0) is 32.4. The molecule has 3 aromatic rings. The van der Waals surface area contributed by atoms with Gasteiger partial charge in [-0.15, -0.1) is 0 Å². The van der Waals surface area contributed by atoms with E-state index >= 15 is 0 Å². The van der Waals surface area contributed by atoms with Crippen LogP contribution in [0.4, 0.5) is 0 Å². The zero-order valence-corrected chi connectivity index (χ0v) is 23.5. The number of amides is 4. The number of aromatic hydroxyl groups is 1. The second kappa shape index (κ2) is 15.2. The molecule has 4 amide bonds. The van der Waals surface area contributed by atoms with Gasteiger partial charge in [0.15, 0.2) is 0 Å². The van der Waals surface area contributed by atoms with E-state index < -0.39 is 66.2 Å². The van der Waals surface area contributed by atoms with Crippen LogP contribution in [0.25, 0.3) is 10.9 Å². The summed E-state index contributed by atoms with van der Waals surface area (Å²) in [7, 11) is 0. The Balaban J connectivity index is 1.72. The van der Waals surface area contributed by atoms with Gasteiger partial charge in [-0.3, -0.25) is 24.0 Å². The van der Waals surface area contributed by atoms with Crippen molar-refractivity contribution in [3.8, 4) is 5.75 Å². The first kappa shape index (κ1) is 33.1. The van der Waals surface area contributed by atoms with Gasteiger partial charge < -0.3 is 47.7 Å². The number of phenolic OH excluding ortho intramolecular Hbond substituents is 1. The predicted molar refractivity (Wildman–Crippen MR) is 156 cm³/mol. The van der Waals surface area contributed by atoms with Crippen LogP contribution in [0.1, 0.15) is 30.4 Å². The van der Waals surface area contributed by atoms with Crippen LogP contribution in [-0.2, 0) is 41.6 Å². The molecular weight excluding hydrogens is 576 g/mol. The molecule has 0 aliphatic carbocycles. The monoisotopic (exact) mass is 610 g/mol. The van der Waals surface area contributed by atoms with Crippen LogP contribution in [-0.4, -0.2) is 80.0 Å². The molecule has 1 heterocycles. The second-order valence-electron chi connectivity index (χ2n) is 10.2. The van der Waals surface area contributed by atoms with Crippen LogP contribution in [0.5, 0.6) is 5.75 Å². The number of aromatic amines is 1. The fourth-order valence-corrected chi connectivity index (χ4v) is 4.46. The number of hydrogen-bond donors (Lipinski definition) is 9. The van der Waals surface area contributed by atoms with Crippen LogP contribution in [0.3, 0.4) is 0 Å². The van der Waals surface area contributed by atoms with Crippen molar-refractivity contribution in [3.05, 3.63) is 65.9 Å². The molecule has 15 heteroatoms. The van der Waals surface area contributed by atoms with Gasteiger partial charge in [-0.25, -0.2) is 4.79 Å². The summed E-state index contributed by atoms with van der Waals surface area (Å²) in [4.78, 5) is 77.1. The number of phenols is 1. The molecule has 1 aromatic heterocycles. The number of para-hydroxylation sites is 1. The number of rotatable bonds is 16. The second-order valence-corrected chi connectivity index (χ2v) is 10.2. The number of nitrogens with one attached hydrogen (secondary N) is 4. The number of carboxylic acid groups (broad SMARTS) is 2. The van der Waals surface area contributed by atoms with Crippen molar-refractivity contribution in [1.82, 2.24) is 20.9 Å². The highest BCUT2D eigenvalue weighted by Crippen LogP contribution is 2.19. The Bertz CT molecular complexity index is 1520. The molecule has 0 saturated heterocycles. The fourth-order valence-electron chi connectivity index (χ4n) is 4.46. The third-order valence-corrected chi connectivity index (χ3v) is 6.77. The van der Waals surface area contributed by atoms with E-state index in [1.165, 1.54) is 24.3 Å². The quantitative estimate of drug-likeness (QED) is 0.0980. The van der Waals surface area contributed by atoms with Crippen LogP contribution < -0.4 is 27.4 Å². The van der Waals surface area contributed by atoms with Gasteiger partial charge in [-0.1, -0.05) is 30.3 Å². The first-order valence-corrected chi connectivity index (χ1v) is 13.6. The molecule has 0 aliphatic heterocycles. The number of benzene rings is 2. The third-order valence-electron chi connectivity index (χ3n) is 6.77. The standard InChI is InChI=1S/C29H34N6O9/c30-19(12-16-14-32-20-4-2-1-3-18(16)20)26(40)34-22(13-25(38)39)28(42)33-21(9-10-24(31)37)27(41)35-23(29(43)44)11-15-5-7-17(36)8-6-15/h1-8,14,19,21-23,32,36H,9-13,30H2,(H2,31,37)(H,33,42)(H,34,40)(H,35,41)(H,38,39)(H,43,44). The van der Waals surface area contributed by atoms with Crippen molar-refractivity contribution in [3.63, 3.8) is 0 Å². The molecule has 0 aliphatic rings. The van der Waals surface area contributed by atoms with Crippen molar-refractivity contribution in [2.24, 2.45) is 11.5 Å². The maximum Gasteiger partial charge on any atom is 0.326 e. The summed E-state index contributed by atoms with van der Waals surface area (Å²) in [5.41, 5.74) is 13.3. The molecule has 0 spiro atoms. The average Bonchev–Trinajstić information content (AvgIpc) is 3.37. The van der Waals surface area contributed by atoms with Gasteiger partial charge in [0.2, 0.25) is 23.6 Å². The van der Waals surface area contributed by atoms with Crippen LogP contribution >= 0.6 is 0 Å². The number of carboxylic acids is 2. The Morgan fingerprint density at radius 3 is 2.05 bits per heavy atom. The molecule has 15 nitrogen and oxygen atoms in total.